The van der Waals surface area contributed by atoms with E-state index in [1.54, 1.807) is 6.07 Å². The minimum Gasteiger partial charge on any atom is -0.308 e. The summed E-state index contributed by atoms with van der Waals surface area (Å²) in [4.78, 5) is 0. The molecule has 10 aromatic carbocycles. The smallest absolute Gasteiger partial charge is 0.308 e. The van der Waals surface area contributed by atoms with Crippen molar-refractivity contribution in [2.45, 2.75) is 40.0 Å². The van der Waals surface area contributed by atoms with Crippen LogP contribution in [-0.4, -0.2) is 9.13 Å². The number of fused-ring (bicyclic) bond motifs is 6. The molecule has 362 valence electrons. The van der Waals surface area contributed by atoms with Crippen LogP contribution in [-0.2, 0) is 12.4 Å². The van der Waals surface area contributed by atoms with Gasteiger partial charge in [0.15, 0.2) is 0 Å². The van der Waals surface area contributed by atoms with E-state index in [1.807, 2.05) is 207 Å². The Kier molecular flexibility index (Phi) is 11.0. The molecule has 0 saturated heterocycles. The van der Waals surface area contributed by atoms with E-state index in [0.717, 1.165) is 113 Å². The average molecular weight is 981 g/mol. The maximum absolute atomic E-state index is 16.2. The van der Waals surface area contributed by atoms with E-state index < -0.39 is 23.5 Å². The number of benzene rings is 10. The van der Waals surface area contributed by atoms with Crippen LogP contribution in [0.4, 0.5) is 26.3 Å². The van der Waals surface area contributed by atoms with Gasteiger partial charge in [-0.05, 0) is 149 Å². The first-order chi connectivity index (χ1) is 35.6. The molecule has 0 amide bonds. The topological polar surface area (TPSA) is 9.86 Å². The van der Waals surface area contributed by atoms with Crippen molar-refractivity contribution >= 4 is 43.6 Å². The summed E-state index contributed by atoms with van der Waals surface area (Å²) in [6, 6.07) is 62.9. The fraction of sp³-hybridized carbons (Fsp3) is 0.0909. The molecule has 12 rings (SSSR count). The van der Waals surface area contributed by atoms with Crippen molar-refractivity contribution in [2.75, 3.05) is 0 Å². The molecule has 0 saturated carbocycles. The second kappa shape index (κ2) is 17.6. The van der Waals surface area contributed by atoms with Gasteiger partial charge in [0.2, 0.25) is 0 Å². The normalized spacial score (nSPS) is 12.2. The summed E-state index contributed by atoms with van der Waals surface area (Å²) in [5.74, 6) is 0. The third-order valence-electron chi connectivity index (χ3n) is 14.7. The van der Waals surface area contributed by atoms with Gasteiger partial charge in [-0.2, -0.15) is 26.3 Å². The molecule has 0 unspecified atom stereocenters. The average Bonchev–Trinajstić information content (AvgIpc) is 3.91. The van der Waals surface area contributed by atoms with Gasteiger partial charge in [-0.3, -0.25) is 0 Å². The highest BCUT2D eigenvalue weighted by Crippen LogP contribution is 2.48. The molecule has 0 radical (unpaired) electrons. The minimum atomic E-state index is -4.90. The zero-order valence-electron chi connectivity index (χ0n) is 40.8. The van der Waals surface area contributed by atoms with Crippen LogP contribution in [0.3, 0.4) is 0 Å². The molecular weight excluding hydrogens is 935 g/mol. The SMILES string of the molecule is Cc1ccccc1-c1ccc2c3ccc(-c4ccccc4C)cc3n(-c3cc(C(F)(F)F)cc(-n4c5cc(-c6ccccc6C)ccc5c5ccc(-c6ccccc6C)cc54)c3-c3cccc(C(F)(F)F)c3)c2c1. The lowest BCUT2D eigenvalue weighted by molar-refractivity contribution is -0.138. The lowest BCUT2D eigenvalue weighted by atomic mass is 9.95. The van der Waals surface area contributed by atoms with Crippen molar-refractivity contribution in [2.24, 2.45) is 0 Å². The highest BCUT2D eigenvalue weighted by molar-refractivity contribution is 6.14. The highest BCUT2D eigenvalue weighted by Gasteiger charge is 2.36. The van der Waals surface area contributed by atoms with Gasteiger partial charge in [-0.1, -0.05) is 158 Å². The van der Waals surface area contributed by atoms with Gasteiger partial charge in [0.1, 0.15) is 0 Å². The summed E-state index contributed by atoms with van der Waals surface area (Å²) in [5.41, 5.74) is 12.0. The van der Waals surface area contributed by atoms with Crippen molar-refractivity contribution in [1.82, 2.24) is 9.13 Å². The number of aryl methyl sites for hydroxylation is 4. The Bertz CT molecular complexity index is 3780. The third-order valence-corrected chi connectivity index (χ3v) is 14.7. The van der Waals surface area contributed by atoms with Crippen LogP contribution in [0.25, 0.3) is 111 Å². The largest absolute Gasteiger partial charge is 0.416 e. The van der Waals surface area contributed by atoms with Crippen molar-refractivity contribution < 1.29 is 26.3 Å². The molecule has 2 heterocycles. The van der Waals surface area contributed by atoms with Gasteiger partial charge < -0.3 is 9.13 Å². The summed E-state index contributed by atoms with van der Waals surface area (Å²) in [7, 11) is 0. The van der Waals surface area contributed by atoms with E-state index in [0.29, 0.717) is 22.1 Å². The maximum Gasteiger partial charge on any atom is 0.416 e. The van der Waals surface area contributed by atoms with E-state index in [9.17, 15) is 0 Å². The molecule has 0 aliphatic heterocycles. The highest BCUT2D eigenvalue weighted by atomic mass is 19.4. The van der Waals surface area contributed by atoms with Crippen molar-refractivity contribution in [1.29, 1.82) is 0 Å². The zero-order chi connectivity index (χ0) is 51.2. The Morgan fingerprint density at radius 2 is 0.595 bits per heavy atom. The van der Waals surface area contributed by atoms with E-state index in [2.05, 4.69) is 0 Å². The van der Waals surface area contributed by atoms with Crippen LogP contribution < -0.4 is 0 Å². The monoisotopic (exact) mass is 980 g/mol. The summed E-state index contributed by atoms with van der Waals surface area (Å²) in [6.45, 7) is 8.04. The van der Waals surface area contributed by atoms with Crippen LogP contribution in [0.5, 0.6) is 0 Å². The molecule has 2 nitrogen and oxygen atoms in total. The van der Waals surface area contributed by atoms with Gasteiger partial charge in [0, 0.05) is 27.1 Å². The fourth-order valence-corrected chi connectivity index (χ4v) is 11.1. The van der Waals surface area contributed by atoms with Crippen molar-refractivity contribution in [3.8, 4) is 67.0 Å². The Hall–Kier alpha value is -8.62. The number of nitrogens with zero attached hydrogens (tertiary/aromatic N) is 2. The fourth-order valence-electron chi connectivity index (χ4n) is 11.1. The second-order valence-corrected chi connectivity index (χ2v) is 19.3. The first-order valence-corrected chi connectivity index (χ1v) is 24.5. The second-order valence-electron chi connectivity index (χ2n) is 19.3. The summed E-state index contributed by atoms with van der Waals surface area (Å²) < 4.78 is 97.5. The van der Waals surface area contributed by atoms with E-state index in [-0.39, 0.29) is 22.5 Å². The minimum absolute atomic E-state index is 0.0677. The van der Waals surface area contributed by atoms with Crippen molar-refractivity contribution in [3.05, 3.63) is 240 Å². The Morgan fingerprint density at radius 3 is 0.892 bits per heavy atom. The number of hydrogen-bond acceptors (Lipinski definition) is 0. The maximum atomic E-state index is 16.2. The predicted molar refractivity (Wildman–Crippen MR) is 291 cm³/mol. The lowest BCUT2D eigenvalue weighted by Crippen LogP contribution is -2.12. The molecular formula is C66H46F6N2. The molecule has 0 spiro atoms. The predicted octanol–water partition coefficient (Wildman–Crippen LogP) is 19.5. The Balaban J connectivity index is 1.30. The molecule has 0 atom stereocenters. The molecule has 2 aromatic heterocycles. The van der Waals surface area contributed by atoms with E-state index in [1.165, 1.54) is 6.07 Å². The van der Waals surface area contributed by atoms with Crippen LogP contribution in [0.15, 0.2) is 206 Å². The summed E-state index contributed by atoms with van der Waals surface area (Å²) >= 11 is 0. The summed E-state index contributed by atoms with van der Waals surface area (Å²) in [6.07, 6.45) is -9.66. The number of aromatic nitrogens is 2. The standard InChI is InChI=1S/C66H46F6N2/c1-39-14-5-9-20-50(39)43-24-28-54-55-29-25-44(51-21-10-6-15-40(51)2)34-59(55)73(58(54)33-43)62-37-49(66(70,71)72)38-63(64(62)47-18-13-19-48(32-47)65(67,68)69)74-60-35-45(52-22-11-7-16-41(52)3)26-30-56(60)57-31-27-46(36-61(57)74)53-23-12-8-17-42(53)4/h5-38H,1-4H3. The molecule has 0 aliphatic carbocycles. The first kappa shape index (κ1) is 46.5. The van der Waals surface area contributed by atoms with Crippen LogP contribution >= 0.6 is 0 Å². The van der Waals surface area contributed by atoms with E-state index in [4.69, 9.17) is 0 Å². The molecule has 8 heteroatoms. The van der Waals surface area contributed by atoms with E-state index >= 15 is 26.3 Å². The van der Waals surface area contributed by atoms with Gasteiger partial charge in [-0.15, -0.1) is 0 Å². The molecule has 12 aromatic rings. The molecule has 0 fully saturated rings. The Labute approximate surface area is 424 Å². The van der Waals surface area contributed by atoms with Crippen LogP contribution in [0.1, 0.15) is 33.4 Å². The van der Waals surface area contributed by atoms with Crippen molar-refractivity contribution in [3.63, 3.8) is 0 Å². The first-order valence-electron chi connectivity index (χ1n) is 24.5. The van der Waals surface area contributed by atoms with Gasteiger partial charge in [0.25, 0.3) is 0 Å². The quantitative estimate of drug-likeness (QED) is 0.141. The number of alkyl halides is 6. The molecule has 0 aliphatic rings. The summed E-state index contributed by atoms with van der Waals surface area (Å²) in [5, 5.41) is 3.07. The van der Waals surface area contributed by atoms with Crippen LogP contribution in [0, 0.1) is 27.7 Å². The Morgan fingerprint density at radius 1 is 0.284 bits per heavy atom. The molecule has 0 N–H and O–H groups in total. The number of halogens is 6. The van der Waals surface area contributed by atoms with Gasteiger partial charge >= 0.3 is 12.4 Å². The zero-order valence-corrected chi connectivity index (χ0v) is 40.8. The van der Waals surface area contributed by atoms with Crippen LogP contribution in [0.2, 0.25) is 0 Å². The number of rotatable bonds is 7. The number of hydrogen-bond donors (Lipinski definition) is 0. The van der Waals surface area contributed by atoms with Gasteiger partial charge in [0.05, 0.1) is 44.6 Å². The third kappa shape index (κ3) is 7.84. The molecule has 74 heavy (non-hydrogen) atoms. The lowest BCUT2D eigenvalue weighted by Gasteiger charge is -2.23. The molecule has 0 bridgehead atoms. The van der Waals surface area contributed by atoms with Gasteiger partial charge in [-0.25, -0.2) is 0 Å².